The molecule has 0 unspecified atom stereocenters. The Kier molecular flexibility index (Phi) is 2.57. The lowest BCUT2D eigenvalue weighted by atomic mass is 10.3. The van der Waals surface area contributed by atoms with Crippen LogP contribution in [0.4, 0.5) is 15.9 Å². The van der Waals surface area contributed by atoms with Gasteiger partial charge in [-0.2, -0.15) is 0 Å². The van der Waals surface area contributed by atoms with Crippen LogP contribution in [0.15, 0.2) is 48.9 Å². The van der Waals surface area contributed by atoms with Gasteiger partial charge in [0.1, 0.15) is 18.0 Å². The van der Waals surface area contributed by atoms with Crippen LogP contribution in [0.1, 0.15) is 0 Å². The zero-order valence-electron chi connectivity index (χ0n) is 9.34. The first kappa shape index (κ1) is 10.6. The molecule has 0 radical (unpaired) electrons. The number of pyridine rings is 1. The summed E-state index contributed by atoms with van der Waals surface area (Å²) in [5.74, 6) is 0.384. The van der Waals surface area contributed by atoms with Crippen LogP contribution in [0.5, 0.6) is 0 Å². The number of nitrogens with zero attached hydrogens (tertiary/aromatic N) is 3. The highest BCUT2D eigenvalue weighted by molar-refractivity contribution is 5.87. The van der Waals surface area contributed by atoms with Crippen LogP contribution < -0.4 is 5.32 Å². The van der Waals surface area contributed by atoms with Gasteiger partial charge in [-0.25, -0.2) is 19.3 Å². The zero-order chi connectivity index (χ0) is 12.4. The fraction of sp³-hybridized carbons (Fsp3) is 0. The van der Waals surface area contributed by atoms with Gasteiger partial charge in [0.25, 0.3) is 0 Å². The summed E-state index contributed by atoms with van der Waals surface area (Å²) in [5.41, 5.74) is 1.39. The molecule has 5 heteroatoms. The molecule has 2 aromatic heterocycles. The Balaban J connectivity index is 2.02. The summed E-state index contributed by atoms with van der Waals surface area (Å²) in [7, 11) is 0. The van der Waals surface area contributed by atoms with Crippen LogP contribution in [-0.4, -0.2) is 15.0 Å². The van der Waals surface area contributed by atoms with E-state index in [1.54, 1.807) is 18.3 Å². The Labute approximate surface area is 103 Å². The van der Waals surface area contributed by atoms with Gasteiger partial charge in [-0.05, 0) is 36.4 Å². The minimum atomic E-state index is -0.269. The van der Waals surface area contributed by atoms with Gasteiger partial charge in [0.15, 0.2) is 5.65 Å². The lowest BCUT2D eigenvalue weighted by Crippen LogP contribution is -1.96. The molecule has 3 rings (SSSR count). The van der Waals surface area contributed by atoms with Gasteiger partial charge in [-0.1, -0.05) is 0 Å². The van der Waals surface area contributed by atoms with Gasteiger partial charge in [0.05, 0.1) is 5.39 Å². The van der Waals surface area contributed by atoms with E-state index in [-0.39, 0.29) is 5.82 Å². The van der Waals surface area contributed by atoms with Gasteiger partial charge in [0.2, 0.25) is 0 Å². The van der Waals surface area contributed by atoms with Crippen molar-refractivity contribution in [3.63, 3.8) is 0 Å². The summed E-state index contributed by atoms with van der Waals surface area (Å²) in [5, 5.41) is 3.94. The molecule has 0 aliphatic heterocycles. The van der Waals surface area contributed by atoms with E-state index in [1.165, 1.54) is 18.5 Å². The molecule has 18 heavy (non-hydrogen) atoms. The standard InChI is InChI=1S/C13H9FN4/c14-9-3-5-10(6-4-9)18-13-11-2-1-7-15-12(11)16-8-17-13/h1-8H,(H,15,16,17,18). The van der Waals surface area contributed by atoms with E-state index in [9.17, 15) is 4.39 Å². The summed E-state index contributed by atoms with van der Waals surface area (Å²) in [6.07, 6.45) is 3.12. The molecule has 0 saturated carbocycles. The van der Waals surface area contributed by atoms with Gasteiger partial charge in [-0.3, -0.25) is 0 Å². The summed E-state index contributed by atoms with van der Waals surface area (Å²) >= 11 is 0. The monoisotopic (exact) mass is 240 g/mol. The van der Waals surface area contributed by atoms with Crippen LogP contribution in [0.25, 0.3) is 11.0 Å². The third kappa shape index (κ3) is 1.98. The number of anilines is 2. The molecule has 0 atom stereocenters. The lowest BCUT2D eigenvalue weighted by molar-refractivity contribution is 0.628. The molecule has 3 aromatic rings. The molecule has 1 aromatic carbocycles. The summed E-state index contributed by atoms with van der Waals surface area (Å²) < 4.78 is 12.8. The first-order valence-electron chi connectivity index (χ1n) is 5.41. The van der Waals surface area contributed by atoms with Crippen LogP contribution in [0, 0.1) is 5.82 Å². The smallest absolute Gasteiger partial charge is 0.164 e. The van der Waals surface area contributed by atoms with Gasteiger partial charge in [0, 0.05) is 11.9 Å². The minimum Gasteiger partial charge on any atom is -0.340 e. The average Bonchev–Trinajstić information content (AvgIpc) is 2.42. The van der Waals surface area contributed by atoms with E-state index in [2.05, 4.69) is 20.3 Å². The van der Waals surface area contributed by atoms with Crippen molar-refractivity contribution in [1.29, 1.82) is 0 Å². The van der Waals surface area contributed by atoms with E-state index >= 15 is 0 Å². The molecular formula is C13H9FN4. The van der Waals surface area contributed by atoms with Crippen molar-refractivity contribution in [2.75, 3.05) is 5.32 Å². The Hall–Kier alpha value is -2.56. The molecule has 2 heterocycles. The summed E-state index contributed by atoms with van der Waals surface area (Å²) in [6, 6.07) is 9.79. The predicted molar refractivity (Wildman–Crippen MR) is 67.0 cm³/mol. The lowest BCUT2D eigenvalue weighted by Gasteiger charge is -2.07. The van der Waals surface area contributed by atoms with Crippen molar-refractivity contribution in [2.45, 2.75) is 0 Å². The molecule has 0 saturated heterocycles. The quantitative estimate of drug-likeness (QED) is 0.748. The van der Waals surface area contributed by atoms with Crippen molar-refractivity contribution in [3.8, 4) is 0 Å². The molecule has 88 valence electrons. The number of rotatable bonds is 2. The van der Waals surface area contributed by atoms with E-state index in [1.807, 2.05) is 12.1 Å². The van der Waals surface area contributed by atoms with Crippen molar-refractivity contribution in [3.05, 3.63) is 54.7 Å². The van der Waals surface area contributed by atoms with Crippen LogP contribution >= 0.6 is 0 Å². The third-order valence-electron chi connectivity index (χ3n) is 2.52. The van der Waals surface area contributed by atoms with Gasteiger partial charge in [-0.15, -0.1) is 0 Å². The number of fused-ring (bicyclic) bond motifs is 1. The molecule has 0 fully saturated rings. The highest BCUT2D eigenvalue weighted by atomic mass is 19.1. The Bertz CT molecular complexity index is 677. The Morgan fingerprint density at radius 1 is 0.944 bits per heavy atom. The first-order valence-corrected chi connectivity index (χ1v) is 5.41. The highest BCUT2D eigenvalue weighted by Gasteiger charge is 2.03. The third-order valence-corrected chi connectivity index (χ3v) is 2.52. The maximum Gasteiger partial charge on any atom is 0.164 e. The van der Waals surface area contributed by atoms with Crippen molar-refractivity contribution < 1.29 is 4.39 Å². The molecule has 0 amide bonds. The van der Waals surface area contributed by atoms with Crippen molar-refractivity contribution in [2.24, 2.45) is 0 Å². The zero-order valence-corrected chi connectivity index (χ0v) is 9.34. The second-order valence-electron chi connectivity index (χ2n) is 3.73. The largest absolute Gasteiger partial charge is 0.340 e. The minimum absolute atomic E-state index is 0.269. The Morgan fingerprint density at radius 3 is 2.61 bits per heavy atom. The topological polar surface area (TPSA) is 50.7 Å². The maximum atomic E-state index is 12.8. The van der Waals surface area contributed by atoms with E-state index in [4.69, 9.17) is 0 Å². The first-order chi connectivity index (χ1) is 8.83. The fourth-order valence-corrected chi connectivity index (χ4v) is 1.67. The molecule has 0 aliphatic carbocycles. The summed E-state index contributed by atoms with van der Waals surface area (Å²) in [4.78, 5) is 12.4. The number of aromatic nitrogens is 3. The fourth-order valence-electron chi connectivity index (χ4n) is 1.67. The van der Waals surface area contributed by atoms with E-state index in [0.29, 0.717) is 11.5 Å². The van der Waals surface area contributed by atoms with Crippen LogP contribution in [0.3, 0.4) is 0 Å². The molecule has 4 nitrogen and oxygen atoms in total. The van der Waals surface area contributed by atoms with Crippen LogP contribution in [-0.2, 0) is 0 Å². The normalized spacial score (nSPS) is 10.5. The summed E-state index contributed by atoms with van der Waals surface area (Å²) in [6.45, 7) is 0. The Morgan fingerprint density at radius 2 is 1.78 bits per heavy atom. The highest BCUT2D eigenvalue weighted by Crippen LogP contribution is 2.21. The molecule has 0 aliphatic rings. The molecule has 1 N–H and O–H groups in total. The number of nitrogens with one attached hydrogen (secondary N) is 1. The average molecular weight is 240 g/mol. The van der Waals surface area contributed by atoms with Gasteiger partial charge >= 0.3 is 0 Å². The molecule has 0 bridgehead atoms. The number of hydrogen-bond donors (Lipinski definition) is 1. The maximum absolute atomic E-state index is 12.8. The number of halogens is 1. The number of hydrogen-bond acceptors (Lipinski definition) is 4. The van der Waals surface area contributed by atoms with Gasteiger partial charge < -0.3 is 5.32 Å². The van der Waals surface area contributed by atoms with Crippen LogP contribution in [0.2, 0.25) is 0 Å². The number of benzene rings is 1. The van der Waals surface area contributed by atoms with E-state index in [0.717, 1.165) is 11.1 Å². The second-order valence-corrected chi connectivity index (χ2v) is 3.73. The van der Waals surface area contributed by atoms with Crippen molar-refractivity contribution in [1.82, 2.24) is 15.0 Å². The molecule has 0 spiro atoms. The van der Waals surface area contributed by atoms with Crippen molar-refractivity contribution >= 4 is 22.5 Å². The predicted octanol–water partition coefficient (Wildman–Crippen LogP) is 2.91. The van der Waals surface area contributed by atoms with E-state index < -0.39 is 0 Å². The molecular weight excluding hydrogens is 231 g/mol. The SMILES string of the molecule is Fc1ccc(Nc2ncnc3ncccc23)cc1. The second kappa shape index (κ2) is 4.37.